The fraction of sp³-hybridized carbons (Fsp3) is 0.345. The maximum atomic E-state index is 13.9. The highest BCUT2D eigenvalue weighted by Crippen LogP contribution is 2.43. The van der Waals surface area contributed by atoms with Crippen LogP contribution in [0, 0.1) is 18.8 Å². The number of alkyl halides is 3. The second-order valence-corrected chi connectivity index (χ2v) is 10.9. The quantitative estimate of drug-likeness (QED) is 0.413. The molecule has 41 heavy (non-hydrogen) atoms. The van der Waals surface area contributed by atoms with Crippen LogP contribution in [0.15, 0.2) is 76.4 Å². The molecule has 12 heteroatoms. The van der Waals surface area contributed by atoms with E-state index in [4.69, 9.17) is 10.8 Å². The van der Waals surface area contributed by atoms with E-state index in [9.17, 15) is 22.8 Å². The van der Waals surface area contributed by atoms with E-state index in [1.807, 2.05) is 13.0 Å². The predicted octanol–water partition coefficient (Wildman–Crippen LogP) is 4.44. The van der Waals surface area contributed by atoms with Crippen LogP contribution in [0.5, 0.6) is 0 Å². The van der Waals surface area contributed by atoms with Crippen LogP contribution in [0.3, 0.4) is 0 Å². The number of carbonyl (C=O) groups excluding carboxylic acids is 2. The lowest BCUT2D eigenvalue weighted by Crippen LogP contribution is -2.55. The Kier molecular flexibility index (Phi) is 6.62. The number of aromatic nitrogens is 1. The van der Waals surface area contributed by atoms with Crippen molar-refractivity contribution in [1.29, 1.82) is 0 Å². The summed E-state index contributed by atoms with van der Waals surface area (Å²) in [5.74, 6) is 6.18. The van der Waals surface area contributed by atoms with Gasteiger partial charge in [-0.2, -0.15) is 24.0 Å². The van der Waals surface area contributed by atoms with Gasteiger partial charge in [0.1, 0.15) is 23.8 Å². The minimum absolute atomic E-state index is 0.0845. The molecule has 4 heterocycles. The molecule has 0 bridgehead atoms. The summed E-state index contributed by atoms with van der Waals surface area (Å²) >= 11 is 0. The Morgan fingerprint density at radius 1 is 1.10 bits per heavy atom. The topological polar surface area (TPSA) is 113 Å². The van der Waals surface area contributed by atoms with Crippen molar-refractivity contribution in [2.45, 2.75) is 44.8 Å². The van der Waals surface area contributed by atoms with Crippen molar-refractivity contribution in [3.05, 3.63) is 83.1 Å². The van der Waals surface area contributed by atoms with Crippen LogP contribution in [0.4, 0.5) is 19.0 Å². The van der Waals surface area contributed by atoms with Crippen molar-refractivity contribution in [1.82, 2.24) is 9.88 Å². The third-order valence-electron chi connectivity index (χ3n) is 7.94. The van der Waals surface area contributed by atoms with Gasteiger partial charge in [0.2, 0.25) is 11.6 Å². The van der Waals surface area contributed by atoms with Crippen LogP contribution in [-0.4, -0.2) is 57.1 Å². The Bertz CT molecular complexity index is 1530. The van der Waals surface area contributed by atoms with E-state index >= 15 is 0 Å². The van der Waals surface area contributed by atoms with Crippen LogP contribution in [0.25, 0.3) is 0 Å². The van der Waals surface area contributed by atoms with Crippen molar-refractivity contribution in [3.8, 4) is 0 Å². The molecule has 1 aromatic carbocycles. The Balaban J connectivity index is 1.27. The van der Waals surface area contributed by atoms with Gasteiger partial charge in [-0.25, -0.2) is 4.98 Å². The van der Waals surface area contributed by atoms with Crippen molar-refractivity contribution < 1.29 is 27.4 Å². The molecule has 2 fully saturated rings. The summed E-state index contributed by atoms with van der Waals surface area (Å²) in [5.41, 5.74) is 3.08. The van der Waals surface area contributed by atoms with Crippen LogP contribution in [-0.2, 0) is 4.79 Å². The first-order valence-electron chi connectivity index (χ1n) is 13.5. The lowest BCUT2D eigenvalue weighted by atomic mass is 9.88. The van der Waals surface area contributed by atoms with E-state index in [2.05, 4.69) is 15.3 Å². The lowest BCUT2D eigenvalue weighted by Gasteiger charge is -2.40. The summed E-state index contributed by atoms with van der Waals surface area (Å²) in [6.45, 7) is 1.82. The zero-order chi connectivity index (χ0) is 28.9. The number of likely N-dealkylation sites (tertiary alicyclic amines) is 1. The third kappa shape index (κ3) is 5.08. The van der Waals surface area contributed by atoms with Gasteiger partial charge in [-0.05, 0) is 74.6 Å². The van der Waals surface area contributed by atoms with E-state index < -0.39 is 24.0 Å². The average Bonchev–Trinajstić information content (AvgIpc) is 3.74. The van der Waals surface area contributed by atoms with Crippen LogP contribution in [0.2, 0.25) is 0 Å². The summed E-state index contributed by atoms with van der Waals surface area (Å²) < 4.78 is 41.3. The molecular formula is C29H29F3N7O2+. The number of halogens is 3. The lowest BCUT2D eigenvalue weighted by molar-refractivity contribution is -0.750. The molecule has 0 spiro atoms. The number of hydrogen-bond acceptors (Lipinski definition) is 6. The maximum Gasteiger partial charge on any atom is 0.408 e. The van der Waals surface area contributed by atoms with Gasteiger partial charge in [-0.15, -0.1) is 4.59 Å². The molecule has 3 aliphatic heterocycles. The largest absolute Gasteiger partial charge is 0.408 e. The number of nitrogens with zero attached hydrogens (tertiary/aromatic N) is 5. The first-order valence-corrected chi connectivity index (χ1v) is 13.5. The van der Waals surface area contributed by atoms with Gasteiger partial charge < -0.3 is 10.2 Å². The van der Waals surface area contributed by atoms with Gasteiger partial charge >= 0.3 is 6.18 Å². The summed E-state index contributed by atoms with van der Waals surface area (Å²) in [7, 11) is 0. The standard InChI is InChI=1S/C29H28F3N7O2/c1-17-10-11-35-24(14-17)36-27(40)19-4-2-18(3-5-19)26-37-25(22-15-34-12-13-39(22,26)33)21-8-9-23(29(30,31)32)38(16-21)28(41)20-6-7-20/h2-5,10-15,20-21,23H,6-9,16,33H2,1H3/p+1. The number of fused-ring (bicyclic) bond motifs is 1. The second kappa shape index (κ2) is 10.0. The fourth-order valence-corrected chi connectivity index (χ4v) is 5.61. The smallest absolute Gasteiger partial charge is 0.330 e. The minimum atomic E-state index is -4.50. The number of aliphatic imine (C=N–C) groups is 2. The van der Waals surface area contributed by atoms with Crippen molar-refractivity contribution in [2.24, 2.45) is 27.7 Å². The molecule has 1 aromatic heterocycles. The molecule has 3 atom stereocenters. The number of piperidine rings is 1. The Hall–Kier alpha value is -4.16. The molecule has 1 saturated heterocycles. The molecule has 6 rings (SSSR count). The molecule has 1 aliphatic carbocycles. The first-order chi connectivity index (χ1) is 19.5. The summed E-state index contributed by atoms with van der Waals surface area (Å²) in [5, 5.41) is 2.77. The number of pyridine rings is 1. The third-order valence-corrected chi connectivity index (χ3v) is 7.94. The number of carbonyl (C=O) groups is 2. The number of hydrogen-bond donors (Lipinski definition) is 2. The molecule has 2 aromatic rings. The molecule has 212 valence electrons. The second-order valence-electron chi connectivity index (χ2n) is 10.9. The van der Waals surface area contributed by atoms with E-state index in [1.54, 1.807) is 55.1 Å². The maximum absolute atomic E-state index is 13.9. The number of anilines is 1. The SMILES string of the molecule is Cc1ccnc(NC(=O)c2ccc(C3=NC(C4CCC(C(F)(F)F)N(C(=O)C5CC5)C4)=C4C=NC=C[N+]34N)cc2)c1. The monoisotopic (exact) mass is 564 g/mol. The number of benzene rings is 1. The predicted molar refractivity (Wildman–Crippen MR) is 146 cm³/mol. The molecule has 4 aliphatic rings. The molecule has 3 N–H and O–H groups in total. The number of amides is 2. The van der Waals surface area contributed by atoms with Gasteiger partial charge in [0.15, 0.2) is 0 Å². The zero-order valence-corrected chi connectivity index (χ0v) is 22.3. The highest BCUT2D eigenvalue weighted by atomic mass is 19.4. The number of aryl methyl sites for hydroxylation is 1. The van der Waals surface area contributed by atoms with Gasteiger partial charge in [-0.1, -0.05) is 0 Å². The number of allylic oxidation sites excluding steroid dienone is 1. The van der Waals surface area contributed by atoms with Gasteiger partial charge in [-0.3, -0.25) is 14.6 Å². The highest BCUT2D eigenvalue weighted by molar-refractivity contribution is 6.05. The molecule has 9 nitrogen and oxygen atoms in total. The molecular weight excluding hydrogens is 535 g/mol. The zero-order valence-electron chi connectivity index (χ0n) is 22.3. The van der Waals surface area contributed by atoms with Crippen LogP contribution >= 0.6 is 0 Å². The van der Waals surface area contributed by atoms with E-state index in [1.165, 1.54) is 0 Å². The molecule has 3 unspecified atom stereocenters. The van der Waals surface area contributed by atoms with Gasteiger partial charge in [0.05, 0.1) is 18.0 Å². The van der Waals surface area contributed by atoms with E-state index in [0.29, 0.717) is 47.0 Å². The number of nitrogens with two attached hydrogens (primary N) is 1. The average molecular weight is 565 g/mol. The van der Waals surface area contributed by atoms with Crippen LogP contribution < -0.4 is 11.2 Å². The van der Waals surface area contributed by atoms with Gasteiger partial charge in [0, 0.05) is 30.1 Å². The Morgan fingerprint density at radius 2 is 1.85 bits per heavy atom. The van der Waals surface area contributed by atoms with Crippen molar-refractivity contribution in [2.75, 3.05) is 11.9 Å². The first kappa shape index (κ1) is 27.0. The molecule has 0 radical (unpaired) electrons. The molecule has 1 saturated carbocycles. The van der Waals surface area contributed by atoms with Crippen LogP contribution in [0.1, 0.15) is 47.2 Å². The molecule has 2 amide bonds. The fourth-order valence-electron chi connectivity index (χ4n) is 5.61. The number of amidine groups is 1. The summed E-state index contributed by atoms with van der Waals surface area (Å²) in [6, 6.07) is 8.56. The number of rotatable bonds is 5. The summed E-state index contributed by atoms with van der Waals surface area (Å²) in [6.07, 6.45) is 3.14. The van der Waals surface area contributed by atoms with Crippen molar-refractivity contribution in [3.63, 3.8) is 0 Å². The number of nitrogens with one attached hydrogen (secondary N) is 1. The Morgan fingerprint density at radius 3 is 2.54 bits per heavy atom. The van der Waals surface area contributed by atoms with E-state index in [0.717, 1.165) is 10.5 Å². The van der Waals surface area contributed by atoms with Gasteiger partial charge in [0.25, 0.3) is 11.7 Å². The van der Waals surface area contributed by atoms with E-state index in [-0.39, 0.29) is 35.8 Å². The Labute approximate surface area is 234 Å². The summed E-state index contributed by atoms with van der Waals surface area (Å²) in [4.78, 5) is 39.9. The normalized spacial score (nSPS) is 25.7. The number of quaternary nitrogens is 1. The minimum Gasteiger partial charge on any atom is -0.330 e. The highest BCUT2D eigenvalue weighted by Gasteiger charge is 2.53. The van der Waals surface area contributed by atoms with Crippen molar-refractivity contribution >= 4 is 29.7 Å².